The van der Waals surface area contributed by atoms with Crippen LogP contribution in [-0.4, -0.2) is 47.8 Å². The minimum atomic E-state index is -0.620. The van der Waals surface area contributed by atoms with E-state index in [1.165, 1.54) is 0 Å². The molecule has 1 fully saturated rings. The first-order valence-corrected chi connectivity index (χ1v) is 6.44. The van der Waals surface area contributed by atoms with Crippen LogP contribution in [-0.2, 0) is 9.59 Å². The highest BCUT2D eigenvalue weighted by Gasteiger charge is 2.26. The molecule has 0 unspecified atom stereocenters. The van der Waals surface area contributed by atoms with Crippen LogP contribution in [0.2, 0.25) is 0 Å². The van der Waals surface area contributed by atoms with Gasteiger partial charge in [-0.2, -0.15) is 0 Å². The molecule has 0 bridgehead atoms. The Hall–Kier alpha value is -1.88. The second-order valence-corrected chi connectivity index (χ2v) is 4.72. The van der Waals surface area contributed by atoms with Crippen molar-refractivity contribution < 1.29 is 9.59 Å². The summed E-state index contributed by atoms with van der Waals surface area (Å²) in [5.74, 6) is -0.0196. The first-order valence-electron chi connectivity index (χ1n) is 6.44. The monoisotopic (exact) mass is 261 g/mol. The van der Waals surface area contributed by atoms with Crippen LogP contribution >= 0.6 is 0 Å². The smallest absolute Gasteiger partial charge is 0.244 e. The summed E-state index contributed by atoms with van der Waals surface area (Å²) in [5, 5.41) is 0. The van der Waals surface area contributed by atoms with Gasteiger partial charge in [0.1, 0.15) is 6.04 Å². The maximum absolute atomic E-state index is 12.3. The van der Waals surface area contributed by atoms with E-state index in [0.29, 0.717) is 26.2 Å². The van der Waals surface area contributed by atoms with Crippen molar-refractivity contribution in [3.05, 3.63) is 35.9 Å². The van der Waals surface area contributed by atoms with E-state index in [-0.39, 0.29) is 11.8 Å². The van der Waals surface area contributed by atoms with Gasteiger partial charge in [-0.1, -0.05) is 30.3 Å². The van der Waals surface area contributed by atoms with Crippen molar-refractivity contribution >= 4 is 11.8 Å². The van der Waals surface area contributed by atoms with Crippen LogP contribution in [0.25, 0.3) is 0 Å². The van der Waals surface area contributed by atoms with Crippen molar-refractivity contribution in [3.63, 3.8) is 0 Å². The Kier molecular flexibility index (Phi) is 4.16. The van der Waals surface area contributed by atoms with Crippen molar-refractivity contribution in [1.29, 1.82) is 0 Å². The van der Waals surface area contributed by atoms with Gasteiger partial charge >= 0.3 is 0 Å². The van der Waals surface area contributed by atoms with Crippen molar-refractivity contribution in [1.82, 2.24) is 9.80 Å². The predicted molar refractivity (Wildman–Crippen MR) is 72.2 cm³/mol. The molecule has 1 atom stereocenters. The molecule has 2 rings (SSSR count). The van der Waals surface area contributed by atoms with E-state index in [1.807, 2.05) is 30.3 Å². The van der Waals surface area contributed by atoms with Gasteiger partial charge in [0, 0.05) is 33.1 Å². The first-order chi connectivity index (χ1) is 9.09. The molecule has 1 aliphatic rings. The number of rotatable bonds is 2. The fraction of sp³-hybridized carbons (Fsp3) is 0.429. The van der Waals surface area contributed by atoms with Crippen LogP contribution in [0.1, 0.15) is 18.5 Å². The fourth-order valence-electron chi connectivity index (χ4n) is 2.24. The molecule has 102 valence electrons. The molecule has 2 amide bonds. The quantitative estimate of drug-likeness (QED) is 0.837. The Morgan fingerprint density at radius 1 is 1.05 bits per heavy atom. The van der Waals surface area contributed by atoms with Crippen molar-refractivity contribution in [2.24, 2.45) is 5.73 Å². The molecule has 19 heavy (non-hydrogen) atoms. The lowest BCUT2D eigenvalue weighted by molar-refractivity contribution is -0.139. The molecule has 5 nitrogen and oxygen atoms in total. The van der Waals surface area contributed by atoms with Crippen LogP contribution in [0, 0.1) is 0 Å². The summed E-state index contributed by atoms with van der Waals surface area (Å²) in [4.78, 5) is 27.0. The molecule has 2 N–H and O–H groups in total. The summed E-state index contributed by atoms with van der Waals surface area (Å²) in [5.41, 5.74) is 6.81. The van der Waals surface area contributed by atoms with Gasteiger partial charge in [-0.25, -0.2) is 0 Å². The third-order valence-electron chi connectivity index (χ3n) is 3.46. The summed E-state index contributed by atoms with van der Waals surface area (Å²) in [6.07, 6.45) is 0. The van der Waals surface area contributed by atoms with Crippen LogP contribution < -0.4 is 5.73 Å². The van der Waals surface area contributed by atoms with Crippen molar-refractivity contribution in [2.75, 3.05) is 26.2 Å². The van der Waals surface area contributed by atoms with E-state index in [2.05, 4.69) is 0 Å². The van der Waals surface area contributed by atoms with Gasteiger partial charge in [0.05, 0.1) is 0 Å². The highest BCUT2D eigenvalue weighted by Crippen LogP contribution is 2.14. The number of piperazine rings is 1. The van der Waals surface area contributed by atoms with Crippen LogP contribution in [0.4, 0.5) is 0 Å². The van der Waals surface area contributed by atoms with Gasteiger partial charge in [0.2, 0.25) is 11.8 Å². The number of nitrogens with two attached hydrogens (primary N) is 1. The number of carbonyl (C=O) groups is 2. The minimum absolute atomic E-state index is 0.0551. The summed E-state index contributed by atoms with van der Waals surface area (Å²) in [7, 11) is 0. The van der Waals surface area contributed by atoms with Gasteiger partial charge in [-0.15, -0.1) is 0 Å². The van der Waals surface area contributed by atoms with E-state index in [1.54, 1.807) is 16.7 Å². The maximum atomic E-state index is 12.3. The Balaban J connectivity index is 1.96. The van der Waals surface area contributed by atoms with E-state index in [4.69, 9.17) is 5.73 Å². The molecular formula is C14H19N3O2. The number of nitrogens with zero attached hydrogens (tertiary/aromatic N) is 2. The highest BCUT2D eigenvalue weighted by atomic mass is 16.2. The first kappa shape index (κ1) is 13.5. The average Bonchev–Trinajstić information content (AvgIpc) is 2.46. The fourth-order valence-corrected chi connectivity index (χ4v) is 2.24. The number of amides is 2. The standard InChI is InChI=1S/C14H19N3O2/c1-11(18)16-7-9-17(10-8-16)14(19)13(15)12-5-3-2-4-6-12/h2-6,13H,7-10,15H2,1H3/t13-/m1/s1. The van der Waals surface area contributed by atoms with E-state index in [9.17, 15) is 9.59 Å². The largest absolute Gasteiger partial charge is 0.339 e. The zero-order valence-electron chi connectivity index (χ0n) is 11.1. The Labute approximate surface area is 113 Å². The molecule has 0 aliphatic carbocycles. The predicted octanol–water partition coefficient (Wildman–Crippen LogP) is 0.377. The molecular weight excluding hydrogens is 242 g/mol. The summed E-state index contributed by atoms with van der Waals surface area (Å²) >= 11 is 0. The molecule has 0 aromatic heterocycles. The lowest BCUT2D eigenvalue weighted by Crippen LogP contribution is -2.52. The average molecular weight is 261 g/mol. The molecule has 1 aromatic carbocycles. The number of carbonyl (C=O) groups excluding carboxylic acids is 2. The molecule has 1 aromatic rings. The second-order valence-electron chi connectivity index (χ2n) is 4.72. The summed E-state index contributed by atoms with van der Waals surface area (Å²) in [6.45, 7) is 3.83. The van der Waals surface area contributed by atoms with E-state index in [0.717, 1.165) is 5.56 Å². The normalized spacial score (nSPS) is 17.2. The lowest BCUT2D eigenvalue weighted by Gasteiger charge is -2.35. The molecule has 0 radical (unpaired) electrons. The maximum Gasteiger partial charge on any atom is 0.244 e. The van der Waals surface area contributed by atoms with Crippen LogP contribution in [0.3, 0.4) is 0 Å². The number of benzene rings is 1. The number of hydrogen-bond acceptors (Lipinski definition) is 3. The van der Waals surface area contributed by atoms with Crippen molar-refractivity contribution in [2.45, 2.75) is 13.0 Å². The summed E-state index contributed by atoms with van der Waals surface area (Å²) in [6, 6.07) is 8.73. The van der Waals surface area contributed by atoms with Gasteiger partial charge in [0.25, 0.3) is 0 Å². The van der Waals surface area contributed by atoms with Gasteiger partial charge < -0.3 is 15.5 Å². The van der Waals surface area contributed by atoms with Gasteiger partial charge in [-0.05, 0) is 5.56 Å². The summed E-state index contributed by atoms with van der Waals surface area (Å²) < 4.78 is 0. The molecule has 1 saturated heterocycles. The third kappa shape index (κ3) is 3.12. The topological polar surface area (TPSA) is 66.6 Å². The van der Waals surface area contributed by atoms with Gasteiger partial charge in [-0.3, -0.25) is 9.59 Å². The molecule has 0 spiro atoms. The molecule has 5 heteroatoms. The lowest BCUT2D eigenvalue weighted by atomic mass is 10.1. The zero-order valence-corrected chi connectivity index (χ0v) is 11.1. The number of hydrogen-bond donors (Lipinski definition) is 1. The minimum Gasteiger partial charge on any atom is -0.339 e. The second kappa shape index (κ2) is 5.84. The Morgan fingerprint density at radius 2 is 1.58 bits per heavy atom. The zero-order chi connectivity index (χ0) is 13.8. The highest BCUT2D eigenvalue weighted by molar-refractivity contribution is 5.83. The Morgan fingerprint density at radius 3 is 2.11 bits per heavy atom. The SMILES string of the molecule is CC(=O)N1CCN(C(=O)[C@H](N)c2ccccc2)CC1. The Bertz CT molecular complexity index is 453. The third-order valence-corrected chi connectivity index (χ3v) is 3.46. The molecule has 1 aliphatic heterocycles. The molecule has 1 heterocycles. The van der Waals surface area contributed by atoms with E-state index < -0.39 is 6.04 Å². The van der Waals surface area contributed by atoms with Gasteiger partial charge in [0.15, 0.2) is 0 Å². The van der Waals surface area contributed by atoms with Crippen LogP contribution in [0.15, 0.2) is 30.3 Å². The van der Waals surface area contributed by atoms with E-state index >= 15 is 0 Å². The van der Waals surface area contributed by atoms with Crippen molar-refractivity contribution in [3.8, 4) is 0 Å². The molecule has 0 saturated carbocycles. The van der Waals surface area contributed by atoms with Crippen LogP contribution in [0.5, 0.6) is 0 Å².